The molecule has 0 radical (unpaired) electrons. The van der Waals surface area contributed by atoms with Gasteiger partial charge in [0.15, 0.2) is 0 Å². The van der Waals surface area contributed by atoms with Gasteiger partial charge in [-0.15, -0.1) is 0 Å². The van der Waals surface area contributed by atoms with Crippen LogP contribution in [0.25, 0.3) is 0 Å². The van der Waals surface area contributed by atoms with Crippen molar-refractivity contribution in [1.29, 1.82) is 0 Å². The van der Waals surface area contributed by atoms with Crippen molar-refractivity contribution < 1.29 is 5.11 Å². The molecule has 0 aliphatic rings. The second-order valence-electron chi connectivity index (χ2n) is 6.57. The fourth-order valence-electron chi connectivity index (χ4n) is 3.41. The maximum absolute atomic E-state index is 12.3. The molecule has 0 aliphatic heterocycles. The number of benzene rings is 3. The van der Waals surface area contributed by atoms with Crippen LogP contribution in [-0.2, 0) is 5.60 Å². The van der Waals surface area contributed by atoms with Crippen molar-refractivity contribution in [3.63, 3.8) is 0 Å². The zero-order chi connectivity index (χ0) is 19.2. The quantitative estimate of drug-likeness (QED) is 0.468. The van der Waals surface area contributed by atoms with Gasteiger partial charge in [0, 0.05) is 0 Å². The van der Waals surface area contributed by atoms with Crippen LogP contribution in [0.2, 0.25) is 0 Å². The molecule has 1 N–H and O–H groups in total. The fourth-order valence-corrected chi connectivity index (χ4v) is 6.05. The Labute approximate surface area is 172 Å². The van der Waals surface area contributed by atoms with E-state index in [2.05, 4.69) is 17.1 Å². The summed E-state index contributed by atoms with van der Waals surface area (Å²) in [5.41, 5.74) is 1.76. The molecule has 0 saturated heterocycles. The summed E-state index contributed by atoms with van der Waals surface area (Å²) in [7, 11) is 0. The van der Waals surface area contributed by atoms with Gasteiger partial charge in [0.1, 0.15) is 0 Å². The number of aliphatic hydroxyl groups is 1. The molecule has 28 heavy (non-hydrogen) atoms. The van der Waals surface area contributed by atoms with Gasteiger partial charge < -0.3 is 0 Å². The van der Waals surface area contributed by atoms with E-state index >= 15 is 0 Å². The third kappa shape index (κ3) is 3.79. The summed E-state index contributed by atoms with van der Waals surface area (Å²) in [6.07, 6.45) is 1.82. The topological polar surface area (TPSA) is 33.1 Å². The molecule has 1 unspecified atom stereocenters. The number of hydrogen-bond acceptors (Lipinski definition) is 2. The van der Waals surface area contributed by atoms with Gasteiger partial charge in [-0.1, -0.05) is 0 Å². The van der Waals surface area contributed by atoms with Crippen molar-refractivity contribution >= 4 is 19.5 Å². The molecule has 3 heteroatoms. The normalized spacial score (nSPS) is 12.5. The summed E-state index contributed by atoms with van der Waals surface area (Å²) in [5.74, 6) is 0. The van der Waals surface area contributed by atoms with Crippen molar-refractivity contribution in [1.82, 2.24) is 4.98 Å². The van der Waals surface area contributed by atoms with Crippen LogP contribution in [0, 0.1) is 0 Å². The molecule has 0 saturated carbocycles. The van der Waals surface area contributed by atoms with Gasteiger partial charge in [0.25, 0.3) is 0 Å². The zero-order valence-electron chi connectivity index (χ0n) is 15.3. The van der Waals surface area contributed by atoms with Gasteiger partial charge >= 0.3 is 172 Å². The number of nitrogens with zero attached hydrogens (tertiary/aromatic N) is 1. The molecular formula is C25H21NOSe. The molecule has 4 aromatic rings. The summed E-state index contributed by atoms with van der Waals surface area (Å²) < 4.78 is 1.02. The fraction of sp³-hybridized carbons (Fsp3) is 0.0800. The Morgan fingerprint density at radius 3 is 1.64 bits per heavy atom. The Kier molecular flexibility index (Phi) is 5.68. The third-order valence-electron chi connectivity index (χ3n) is 4.79. The molecule has 1 atom stereocenters. The van der Waals surface area contributed by atoms with E-state index in [1.807, 2.05) is 103 Å². The number of rotatable bonds is 6. The molecule has 3 aromatic carbocycles. The first-order valence-corrected chi connectivity index (χ1v) is 11.1. The van der Waals surface area contributed by atoms with E-state index in [0.29, 0.717) is 0 Å². The van der Waals surface area contributed by atoms with Crippen molar-refractivity contribution in [2.24, 2.45) is 0 Å². The van der Waals surface area contributed by atoms with E-state index in [9.17, 15) is 5.11 Å². The van der Waals surface area contributed by atoms with Crippen LogP contribution in [0.4, 0.5) is 0 Å². The van der Waals surface area contributed by atoms with Gasteiger partial charge in [0.05, 0.1) is 0 Å². The van der Waals surface area contributed by atoms with Crippen LogP contribution in [0.3, 0.4) is 0 Å². The molecule has 4 rings (SSSR count). The second kappa shape index (κ2) is 8.53. The second-order valence-corrected chi connectivity index (χ2v) is 8.94. The van der Waals surface area contributed by atoms with Gasteiger partial charge in [-0.2, -0.15) is 0 Å². The standard InChI is InChI=1S/C25H21NOSe/c27-25(21-14-6-2-7-15-21,22-16-8-3-9-17-22)24(20-12-4-1-5-13-20)28-23-18-10-11-19-26-23/h1-19,24,27H. The van der Waals surface area contributed by atoms with Crippen LogP contribution >= 0.6 is 0 Å². The summed E-state index contributed by atoms with van der Waals surface area (Å²) in [5, 5.41) is 12.3. The molecule has 1 aromatic heterocycles. The Hall–Kier alpha value is -2.71. The minimum absolute atomic E-state index is 0.0803. The first-order chi connectivity index (χ1) is 13.8. The predicted molar refractivity (Wildman–Crippen MR) is 115 cm³/mol. The molecule has 0 fully saturated rings. The first-order valence-electron chi connectivity index (χ1n) is 9.24. The van der Waals surface area contributed by atoms with E-state index in [4.69, 9.17) is 0 Å². The minimum atomic E-state index is -1.15. The molecule has 0 spiro atoms. The van der Waals surface area contributed by atoms with E-state index in [0.717, 1.165) is 21.3 Å². The number of hydrogen-bond donors (Lipinski definition) is 1. The molecule has 1 heterocycles. The van der Waals surface area contributed by atoms with Crippen LogP contribution in [0.1, 0.15) is 21.5 Å². The van der Waals surface area contributed by atoms with Crippen LogP contribution < -0.4 is 4.59 Å². The van der Waals surface area contributed by atoms with Gasteiger partial charge in [-0.25, -0.2) is 0 Å². The van der Waals surface area contributed by atoms with Crippen LogP contribution in [-0.4, -0.2) is 25.0 Å². The van der Waals surface area contributed by atoms with Crippen LogP contribution in [0.15, 0.2) is 115 Å². The van der Waals surface area contributed by atoms with Crippen LogP contribution in [0.5, 0.6) is 0 Å². The Balaban J connectivity index is 1.91. The molecular weight excluding hydrogens is 409 g/mol. The maximum atomic E-state index is 12.3. The van der Waals surface area contributed by atoms with Crippen molar-refractivity contribution in [2.45, 2.75) is 10.4 Å². The van der Waals surface area contributed by atoms with Crippen molar-refractivity contribution in [2.75, 3.05) is 0 Å². The summed E-state index contributed by atoms with van der Waals surface area (Å²) in [6.45, 7) is 0. The SMILES string of the molecule is OC(c1ccccc1)(c1ccccc1)C([Se]c1ccccn1)c1ccccc1. The van der Waals surface area contributed by atoms with Gasteiger partial charge in [-0.05, 0) is 0 Å². The average molecular weight is 430 g/mol. The predicted octanol–water partition coefficient (Wildman–Crippen LogP) is 4.09. The van der Waals surface area contributed by atoms with E-state index in [1.165, 1.54) is 0 Å². The Morgan fingerprint density at radius 2 is 1.14 bits per heavy atom. The van der Waals surface area contributed by atoms with Crippen molar-refractivity contribution in [3.8, 4) is 0 Å². The third-order valence-corrected chi connectivity index (χ3v) is 7.58. The van der Waals surface area contributed by atoms with Gasteiger partial charge in [0.2, 0.25) is 0 Å². The molecule has 0 aliphatic carbocycles. The van der Waals surface area contributed by atoms with E-state index in [1.54, 1.807) is 0 Å². The Morgan fingerprint density at radius 1 is 0.643 bits per heavy atom. The Bertz CT molecular complexity index is 952. The molecule has 2 nitrogen and oxygen atoms in total. The summed E-state index contributed by atoms with van der Waals surface area (Å²) >= 11 is -0.0803. The number of pyridine rings is 1. The monoisotopic (exact) mass is 431 g/mol. The summed E-state index contributed by atoms with van der Waals surface area (Å²) in [6, 6.07) is 36.2. The van der Waals surface area contributed by atoms with E-state index in [-0.39, 0.29) is 19.8 Å². The first kappa shape index (κ1) is 18.6. The summed E-state index contributed by atoms with van der Waals surface area (Å²) in [4.78, 5) is 4.44. The molecule has 138 valence electrons. The van der Waals surface area contributed by atoms with Crippen molar-refractivity contribution in [3.05, 3.63) is 132 Å². The van der Waals surface area contributed by atoms with Gasteiger partial charge in [-0.3, -0.25) is 0 Å². The average Bonchev–Trinajstić information content (AvgIpc) is 2.79. The molecule has 0 bridgehead atoms. The molecule has 0 amide bonds. The van der Waals surface area contributed by atoms with E-state index < -0.39 is 5.60 Å². The zero-order valence-corrected chi connectivity index (χ0v) is 17.1. The number of aromatic nitrogens is 1.